The molecule has 0 saturated carbocycles. The van der Waals surface area contributed by atoms with Gasteiger partial charge in [0, 0.05) is 12.1 Å². The summed E-state index contributed by atoms with van der Waals surface area (Å²) < 4.78 is 0.967. The predicted octanol–water partition coefficient (Wildman–Crippen LogP) is 6.32. The van der Waals surface area contributed by atoms with E-state index in [1.165, 1.54) is 34.4 Å². The number of hydrogen-bond acceptors (Lipinski definition) is 5. The maximum Gasteiger partial charge on any atom is 0.270 e. The van der Waals surface area contributed by atoms with E-state index in [1.807, 2.05) is 56.3 Å². The van der Waals surface area contributed by atoms with Crippen LogP contribution < -0.4 is 4.90 Å². The molecule has 4 aromatic rings. The van der Waals surface area contributed by atoms with E-state index in [2.05, 4.69) is 0 Å². The summed E-state index contributed by atoms with van der Waals surface area (Å²) in [5.74, 6) is -0.439. The highest BCUT2D eigenvalue weighted by atomic mass is 35.5. The number of nitrogens with zero attached hydrogens (tertiary/aromatic N) is 3. The van der Waals surface area contributed by atoms with Gasteiger partial charge in [0.2, 0.25) is 0 Å². The van der Waals surface area contributed by atoms with Crippen LogP contribution in [-0.4, -0.2) is 15.8 Å². The molecule has 0 atom stereocenters. The minimum absolute atomic E-state index is 0.0685. The summed E-state index contributed by atoms with van der Waals surface area (Å²) in [6.45, 7) is 4.28. The Morgan fingerprint density at radius 2 is 1.87 bits per heavy atom. The molecule has 31 heavy (non-hydrogen) atoms. The molecule has 1 heterocycles. The van der Waals surface area contributed by atoms with Crippen molar-refractivity contribution in [1.29, 1.82) is 0 Å². The van der Waals surface area contributed by atoms with Crippen LogP contribution >= 0.6 is 22.9 Å². The fourth-order valence-electron chi connectivity index (χ4n) is 3.26. The lowest BCUT2D eigenvalue weighted by molar-refractivity contribution is -0.384. The molecular weight excluding hydrogens is 434 g/mol. The summed E-state index contributed by atoms with van der Waals surface area (Å²) in [6.07, 6.45) is 0. The first kappa shape index (κ1) is 21.0. The maximum absolute atomic E-state index is 13.6. The average Bonchev–Trinajstić information content (AvgIpc) is 3.20. The molecule has 156 valence electrons. The molecule has 0 aliphatic carbocycles. The average molecular weight is 452 g/mol. The van der Waals surface area contributed by atoms with Gasteiger partial charge in [-0.3, -0.25) is 19.8 Å². The smallest absolute Gasteiger partial charge is 0.270 e. The van der Waals surface area contributed by atoms with Crippen molar-refractivity contribution in [3.8, 4) is 0 Å². The van der Waals surface area contributed by atoms with Gasteiger partial charge in [-0.25, -0.2) is 4.98 Å². The molecular formula is C23H18ClN3O3S. The van der Waals surface area contributed by atoms with Crippen LogP contribution in [-0.2, 0) is 6.54 Å². The van der Waals surface area contributed by atoms with Crippen LogP contribution in [0.5, 0.6) is 0 Å². The predicted molar refractivity (Wildman–Crippen MR) is 124 cm³/mol. The SMILES string of the molecule is Cc1ccc2sc(N(Cc3ccccc3)C(=O)c3cc([N+](=O)[O-])ccc3Cl)nc2c1C. The first-order valence-corrected chi connectivity index (χ1v) is 10.7. The quantitative estimate of drug-likeness (QED) is 0.262. The number of carbonyl (C=O) groups excluding carboxylic acids is 1. The summed E-state index contributed by atoms with van der Waals surface area (Å²) >= 11 is 7.67. The van der Waals surface area contributed by atoms with Crippen LogP contribution in [0.4, 0.5) is 10.8 Å². The zero-order chi connectivity index (χ0) is 22.1. The van der Waals surface area contributed by atoms with Crippen molar-refractivity contribution in [2.24, 2.45) is 0 Å². The molecule has 0 radical (unpaired) electrons. The largest absolute Gasteiger partial charge is 0.279 e. The number of nitro groups is 1. The summed E-state index contributed by atoms with van der Waals surface area (Å²) in [5, 5.41) is 11.9. The van der Waals surface area contributed by atoms with Gasteiger partial charge in [0.25, 0.3) is 11.6 Å². The Morgan fingerprint density at radius 3 is 2.58 bits per heavy atom. The molecule has 0 spiro atoms. The number of anilines is 1. The fourth-order valence-corrected chi connectivity index (χ4v) is 4.48. The molecule has 6 nitrogen and oxygen atoms in total. The normalized spacial score (nSPS) is 10.9. The van der Waals surface area contributed by atoms with Crippen molar-refractivity contribution < 1.29 is 9.72 Å². The number of aryl methyl sites for hydroxylation is 2. The van der Waals surface area contributed by atoms with Crippen LogP contribution in [0, 0.1) is 24.0 Å². The third kappa shape index (κ3) is 4.15. The van der Waals surface area contributed by atoms with Crippen molar-refractivity contribution in [3.05, 3.63) is 98.1 Å². The molecule has 1 amide bonds. The van der Waals surface area contributed by atoms with Crippen molar-refractivity contribution in [2.75, 3.05) is 4.90 Å². The van der Waals surface area contributed by atoms with Crippen LogP contribution in [0.25, 0.3) is 10.2 Å². The van der Waals surface area contributed by atoms with E-state index in [0.29, 0.717) is 5.13 Å². The van der Waals surface area contributed by atoms with Crippen molar-refractivity contribution >= 4 is 49.9 Å². The highest BCUT2D eigenvalue weighted by Crippen LogP contribution is 2.34. The van der Waals surface area contributed by atoms with Gasteiger partial charge in [0.1, 0.15) is 0 Å². The number of nitro benzene ring substituents is 1. The molecule has 0 unspecified atom stereocenters. The van der Waals surface area contributed by atoms with E-state index in [4.69, 9.17) is 16.6 Å². The molecule has 3 aromatic carbocycles. The monoisotopic (exact) mass is 451 g/mol. The van der Waals surface area contributed by atoms with Crippen LogP contribution in [0.3, 0.4) is 0 Å². The third-order valence-electron chi connectivity index (χ3n) is 5.12. The Hall–Kier alpha value is -3.29. The van der Waals surface area contributed by atoms with Crippen LogP contribution in [0.2, 0.25) is 5.02 Å². The van der Waals surface area contributed by atoms with Gasteiger partial charge in [0.15, 0.2) is 5.13 Å². The summed E-state index contributed by atoms with van der Waals surface area (Å²) in [6, 6.07) is 17.4. The topological polar surface area (TPSA) is 76.3 Å². The summed E-state index contributed by atoms with van der Waals surface area (Å²) in [5.41, 5.74) is 3.80. The van der Waals surface area contributed by atoms with Crippen molar-refractivity contribution in [3.63, 3.8) is 0 Å². The first-order chi connectivity index (χ1) is 14.8. The molecule has 0 saturated heterocycles. The third-order valence-corrected chi connectivity index (χ3v) is 6.50. The summed E-state index contributed by atoms with van der Waals surface area (Å²) in [4.78, 5) is 30.5. The second-order valence-electron chi connectivity index (χ2n) is 7.15. The van der Waals surface area contributed by atoms with E-state index in [1.54, 1.807) is 0 Å². The van der Waals surface area contributed by atoms with Gasteiger partial charge in [-0.2, -0.15) is 0 Å². The Labute approximate surface area is 187 Å². The molecule has 0 bridgehead atoms. The molecule has 0 aliphatic rings. The van der Waals surface area contributed by atoms with Gasteiger partial charge >= 0.3 is 0 Å². The van der Waals surface area contributed by atoms with Gasteiger partial charge in [-0.1, -0.05) is 59.3 Å². The Morgan fingerprint density at radius 1 is 1.13 bits per heavy atom. The second-order valence-corrected chi connectivity index (χ2v) is 8.57. The lowest BCUT2D eigenvalue weighted by atomic mass is 10.1. The van der Waals surface area contributed by atoms with E-state index in [0.717, 1.165) is 26.9 Å². The van der Waals surface area contributed by atoms with Crippen LogP contribution in [0.15, 0.2) is 60.7 Å². The standard InChI is InChI=1S/C23H18ClN3O3S/c1-14-8-11-20-21(15(14)2)25-23(31-20)26(13-16-6-4-3-5-7-16)22(28)18-12-17(27(29)30)9-10-19(18)24/h3-12H,13H2,1-2H3. The van der Waals surface area contributed by atoms with E-state index in [-0.39, 0.29) is 22.8 Å². The number of rotatable bonds is 5. The number of carbonyl (C=O) groups is 1. The Kier molecular flexibility index (Phi) is 5.71. The number of thiazole rings is 1. The number of non-ortho nitro benzene ring substituents is 1. The molecule has 8 heteroatoms. The number of hydrogen-bond donors (Lipinski definition) is 0. The lowest BCUT2D eigenvalue weighted by Gasteiger charge is -2.20. The highest BCUT2D eigenvalue weighted by Gasteiger charge is 2.26. The minimum Gasteiger partial charge on any atom is -0.279 e. The maximum atomic E-state index is 13.6. The highest BCUT2D eigenvalue weighted by molar-refractivity contribution is 7.22. The first-order valence-electron chi connectivity index (χ1n) is 9.51. The molecule has 0 fully saturated rings. The van der Waals surface area contributed by atoms with Gasteiger partial charge < -0.3 is 0 Å². The van der Waals surface area contributed by atoms with E-state index in [9.17, 15) is 14.9 Å². The van der Waals surface area contributed by atoms with Gasteiger partial charge in [0.05, 0.1) is 32.3 Å². The lowest BCUT2D eigenvalue weighted by Crippen LogP contribution is -2.30. The minimum atomic E-state index is -0.543. The number of halogens is 1. The second kappa shape index (κ2) is 8.45. The molecule has 4 rings (SSSR count). The van der Waals surface area contributed by atoms with Crippen LogP contribution in [0.1, 0.15) is 27.0 Å². The Balaban J connectivity index is 1.84. The zero-order valence-electron chi connectivity index (χ0n) is 16.8. The van der Waals surface area contributed by atoms with E-state index >= 15 is 0 Å². The van der Waals surface area contributed by atoms with Gasteiger partial charge in [-0.15, -0.1) is 0 Å². The van der Waals surface area contributed by atoms with E-state index < -0.39 is 10.8 Å². The van der Waals surface area contributed by atoms with Crippen molar-refractivity contribution in [1.82, 2.24) is 4.98 Å². The number of aromatic nitrogens is 1. The van der Waals surface area contributed by atoms with Crippen molar-refractivity contribution in [2.45, 2.75) is 20.4 Å². The molecule has 0 N–H and O–H groups in total. The van der Waals surface area contributed by atoms with Gasteiger partial charge in [-0.05, 0) is 42.7 Å². The zero-order valence-corrected chi connectivity index (χ0v) is 18.4. The number of fused-ring (bicyclic) bond motifs is 1. The molecule has 1 aromatic heterocycles. The Bertz CT molecular complexity index is 1300. The fraction of sp³-hybridized carbons (Fsp3) is 0.130. The number of amides is 1. The summed E-state index contributed by atoms with van der Waals surface area (Å²) in [7, 11) is 0. The number of benzene rings is 3. The molecule has 0 aliphatic heterocycles.